The first-order valence-corrected chi connectivity index (χ1v) is 5.47. The van der Waals surface area contributed by atoms with Gasteiger partial charge in [-0.25, -0.2) is 0 Å². The Morgan fingerprint density at radius 2 is 1.87 bits per heavy atom. The maximum absolute atomic E-state index is 11.6. The van der Waals surface area contributed by atoms with Gasteiger partial charge >= 0.3 is 5.97 Å². The quantitative estimate of drug-likeness (QED) is 0.513. The van der Waals surface area contributed by atoms with E-state index in [0.29, 0.717) is 6.61 Å². The predicted octanol–water partition coefficient (Wildman–Crippen LogP) is 1.03. The maximum atomic E-state index is 11.6. The maximum Gasteiger partial charge on any atom is 0.313 e. The van der Waals surface area contributed by atoms with Gasteiger partial charge in [-0.05, 0) is 40.5 Å². The van der Waals surface area contributed by atoms with Crippen LogP contribution in [0.15, 0.2) is 0 Å². The Labute approximate surface area is 92.3 Å². The van der Waals surface area contributed by atoms with Crippen molar-refractivity contribution in [3.8, 4) is 0 Å². The minimum Gasteiger partial charge on any atom is -0.465 e. The highest BCUT2D eigenvalue weighted by Gasteiger charge is 2.33. The van der Waals surface area contributed by atoms with Crippen molar-refractivity contribution in [3.63, 3.8) is 0 Å². The van der Waals surface area contributed by atoms with Gasteiger partial charge in [0.15, 0.2) is 0 Å². The largest absolute Gasteiger partial charge is 0.465 e. The van der Waals surface area contributed by atoms with Crippen molar-refractivity contribution >= 4 is 5.97 Å². The van der Waals surface area contributed by atoms with Crippen LogP contribution in [0.25, 0.3) is 0 Å². The summed E-state index contributed by atoms with van der Waals surface area (Å²) in [6.07, 6.45) is 1.67. The Morgan fingerprint density at radius 1 is 1.33 bits per heavy atom. The van der Waals surface area contributed by atoms with E-state index in [1.807, 2.05) is 13.8 Å². The summed E-state index contributed by atoms with van der Waals surface area (Å²) >= 11 is 0. The fourth-order valence-electron chi connectivity index (χ4n) is 0.942. The van der Waals surface area contributed by atoms with Gasteiger partial charge < -0.3 is 16.2 Å². The average molecular weight is 216 g/mol. The van der Waals surface area contributed by atoms with Crippen LogP contribution < -0.4 is 11.5 Å². The molecule has 15 heavy (non-hydrogen) atoms. The van der Waals surface area contributed by atoms with Gasteiger partial charge in [0.25, 0.3) is 0 Å². The SMILES string of the molecule is CC(N)CCCOC(=O)C(C)(C)C(C)N. The van der Waals surface area contributed by atoms with E-state index in [9.17, 15) is 4.79 Å². The van der Waals surface area contributed by atoms with Crippen LogP contribution in [-0.2, 0) is 9.53 Å². The summed E-state index contributed by atoms with van der Waals surface area (Å²) in [7, 11) is 0. The third-order valence-corrected chi connectivity index (χ3v) is 2.70. The molecule has 90 valence electrons. The lowest BCUT2D eigenvalue weighted by molar-refractivity contribution is -0.155. The normalized spacial score (nSPS) is 15.9. The van der Waals surface area contributed by atoms with Gasteiger partial charge in [0.05, 0.1) is 12.0 Å². The fraction of sp³-hybridized carbons (Fsp3) is 0.909. The van der Waals surface area contributed by atoms with Gasteiger partial charge in [0.2, 0.25) is 0 Å². The molecular weight excluding hydrogens is 192 g/mol. The Kier molecular flexibility index (Phi) is 5.83. The molecule has 0 rings (SSSR count). The highest BCUT2D eigenvalue weighted by molar-refractivity contribution is 5.76. The zero-order valence-corrected chi connectivity index (χ0v) is 10.2. The highest BCUT2D eigenvalue weighted by atomic mass is 16.5. The van der Waals surface area contributed by atoms with Gasteiger partial charge in [-0.1, -0.05) is 0 Å². The van der Waals surface area contributed by atoms with Crippen molar-refractivity contribution in [2.45, 2.75) is 52.6 Å². The van der Waals surface area contributed by atoms with Crippen LogP contribution >= 0.6 is 0 Å². The number of rotatable bonds is 6. The van der Waals surface area contributed by atoms with Gasteiger partial charge in [-0.15, -0.1) is 0 Å². The molecule has 0 aliphatic heterocycles. The number of carbonyl (C=O) groups is 1. The second-order valence-corrected chi connectivity index (χ2v) is 4.77. The van der Waals surface area contributed by atoms with E-state index in [4.69, 9.17) is 16.2 Å². The molecule has 0 aromatic rings. The topological polar surface area (TPSA) is 78.3 Å². The van der Waals surface area contributed by atoms with E-state index in [1.54, 1.807) is 13.8 Å². The molecule has 0 aliphatic rings. The van der Waals surface area contributed by atoms with Crippen LogP contribution in [0, 0.1) is 5.41 Å². The Bertz CT molecular complexity index is 201. The standard InChI is InChI=1S/C11H24N2O2/c1-8(12)6-5-7-15-10(14)11(3,4)9(2)13/h8-9H,5-7,12-13H2,1-4H3. The highest BCUT2D eigenvalue weighted by Crippen LogP contribution is 2.20. The Morgan fingerprint density at radius 3 is 2.27 bits per heavy atom. The van der Waals surface area contributed by atoms with E-state index in [-0.39, 0.29) is 18.1 Å². The van der Waals surface area contributed by atoms with Gasteiger partial charge in [-0.2, -0.15) is 0 Å². The smallest absolute Gasteiger partial charge is 0.313 e. The lowest BCUT2D eigenvalue weighted by Crippen LogP contribution is -2.42. The lowest BCUT2D eigenvalue weighted by Gasteiger charge is -2.26. The van der Waals surface area contributed by atoms with Crippen LogP contribution in [0.3, 0.4) is 0 Å². The van der Waals surface area contributed by atoms with Crippen molar-refractivity contribution in [1.82, 2.24) is 0 Å². The molecule has 0 bridgehead atoms. The molecule has 0 fully saturated rings. The molecule has 0 aromatic carbocycles. The summed E-state index contributed by atoms with van der Waals surface area (Å²) in [4.78, 5) is 11.6. The van der Waals surface area contributed by atoms with Crippen molar-refractivity contribution in [1.29, 1.82) is 0 Å². The molecule has 2 unspecified atom stereocenters. The molecule has 4 nitrogen and oxygen atoms in total. The number of hydrogen-bond donors (Lipinski definition) is 2. The second kappa shape index (κ2) is 6.08. The van der Waals surface area contributed by atoms with Crippen molar-refractivity contribution in [2.75, 3.05) is 6.61 Å². The first-order chi connectivity index (χ1) is 6.78. The first-order valence-electron chi connectivity index (χ1n) is 5.47. The molecule has 0 amide bonds. The summed E-state index contributed by atoms with van der Waals surface area (Å²) in [6.45, 7) is 7.77. The molecule has 0 saturated heterocycles. The van der Waals surface area contributed by atoms with E-state index in [1.165, 1.54) is 0 Å². The van der Waals surface area contributed by atoms with Gasteiger partial charge in [0.1, 0.15) is 0 Å². The molecule has 2 atom stereocenters. The Balaban J connectivity index is 3.84. The number of ether oxygens (including phenoxy) is 1. The number of carbonyl (C=O) groups excluding carboxylic acids is 1. The molecule has 0 spiro atoms. The molecule has 4 heteroatoms. The fourth-order valence-corrected chi connectivity index (χ4v) is 0.942. The molecule has 0 aliphatic carbocycles. The third kappa shape index (κ3) is 5.14. The summed E-state index contributed by atoms with van der Waals surface area (Å²) in [6, 6.07) is -0.0522. The van der Waals surface area contributed by atoms with Crippen LogP contribution in [0.1, 0.15) is 40.5 Å². The average Bonchev–Trinajstić information content (AvgIpc) is 2.11. The number of nitrogens with two attached hydrogens (primary N) is 2. The van der Waals surface area contributed by atoms with E-state index >= 15 is 0 Å². The van der Waals surface area contributed by atoms with Crippen LogP contribution in [0.2, 0.25) is 0 Å². The third-order valence-electron chi connectivity index (χ3n) is 2.70. The molecule has 0 radical (unpaired) electrons. The van der Waals surface area contributed by atoms with Crippen molar-refractivity contribution in [2.24, 2.45) is 16.9 Å². The summed E-state index contributed by atoms with van der Waals surface area (Å²) in [5.41, 5.74) is 10.7. The zero-order chi connectivity index (χ0) is 12.1. The number of hydrogen-bond acceptors (Lipinski definition) is 4. The Hall–Kier alpha value is -0.610. The molecular formula is C11H24N2O2. The second-order valence-electron chi connectivity index (χ2n) is 4.77. The minimum absolute atomic E-state index is 0.158. The molecule has 4 N–H and O–H groups in total. The minimum atomic E-state index is -0.617. The summed E-state index contributed by atoms with van der Waals surface area (Å²) in [5, 5.41) is 0. The van der Waals surface area contributed by atoms with Crippen molar-refractivity contribution in [3.05, 3.63) is 0 Å². The summed E-state index contributed by atoms with van der Waals surface area (Å²) < 4.78 is 5.14. The lowest BCUT2D eigenvalue weighted by atomic mass is 9.86. The predicted molar refractivity (Wildman–Crippen MR) is 61.3 cm³/mol. The van der Waals surface area contributed by atoms with Crippen molar-refractivity contribution < 1.29 is 9.53 Å². The number of esters is 1. The molecule has 0 saturated carbocycles. The first kappa shape index (κ1) is 14.4. The van der Waals surface area contributed by atoms with Crippen LogP contribution in [0.4, 0.5) is 0 Å². The van der Waals surface area contributed by atoms with Gasteiger partial charge in [-0.3, -0.25) is 4.79 Å². The molecule has 0 heterocycles. The summed E-state index contributed by atoms with van der Waals surface area (Å²) in [5.74, 6) is -0.234. The van der Waals surface area contributed by atoms with E-state index < -0.39 is 5.41 Å². The van der Waals surface area contributed by atoms with E-state index in [2.05, 4.69) is 0 Å². The van der Waals surface area contributed by atoms with E-state index in [0.717, 1.165) is 12.8 Å². The van der Waals surface area contributed by atoms with Crippen LogP contribution in [-0.4, -0.2) is 24.7 Å². The van der Waals surface area contributed by atoms with Gasteiger partial charge in [0, 0.05) is 12.1 Å². The van der Waals surface area contributed by atoms with Crippen LogP contribution in [0.5, 0.6) is 0 Å². The zero-order valence-electron chi connectivity index (χ0n) is 10.2. The molecule has 0 aromatic heterocycles. The monoisotopic (exact) mass is 216 g/mol.